The lowest BCUT2D eigenvalue weighted by Crippen LogP contribution is -2.47. The smallest absolute Gasteiger partial charge is 0.253 e. The summed E-state index contributed by atoms with van der Waals surface area (Å²) in [6, 6.07) is 7.86. The number of carbonyl (C=O) groups excluding carboxylic acids is 1. The van der Waals surface area contributed by atoms with Crippen molar-refractivity contribution < 1.29 is 13.9 Å². The maximum Gasteiger partial charge on any atom is 0.253 e. The molecule has 2 aliphatic heterocycles. The Labute approximate surface area is 147 Å². The molecule has 0 saturated carbocycles. The Bertz CT molecular complexity index is 731. The van der Waals surface area contributed by atoms with Crippen molar-refractivity contribution in [1.29, 1.82) is 0 Å². The van der Waals surface area contributed by atoms with Gasteiger partial charge in [0.25, 0.3) is 5.91 Å². The highest BCUT2D eigenvalue weighted by Crippen LogP contribution is 2.30. The molecule has 4 heterocycles. The zero-order valence-corrected chi connectivity index (χ0v) is 14.4. The summed E-state index contributed by atoms with van der Waals surface area (Å²) in [5, 5.41) is 3.14. The van der Waals surface area contributed by atoms with Crippen LogP contribution in [0.5, 0.6) is 0 Å². The van der Waals surface area contributed by atoms with E-state index in [9.17, 15) is 4.79 Å². The predicted octanol–water partition coefficient (Wildman–Crippen LogP) is 2.14. The van der Waals surface area contributed by atoms with Gasteiger partial charge in [0.15, 0.2) is 0 Å². The number of nitrogens with one attached hydrogen (secondary N) is 1. The first kappa shape index (κ1) is 16.3. The molecule has 6 nitrogen and oxygen atoms in total. The third-order valence-corrected chi connectivity index (χ3v) is 5.03. The summed E-state index contributed by atoms with van der Waals surface area (Å²) in [6.07, 6.45) is 5.43. The third kappa shape index (κ3) is 3.45. The van der Waals surface area contributed by atoms with Crippen LogP contribution in [0.2, 0.25) is 0 Å². The average Bonchev–Trinajstić information content (AvgIpc) is 3.20. The highest BCUT2D eigenvalue weighted by Gasteiger charge is 2.44. The number of fused-ring (bicyclic) bond motifs is 1. The van der Waals surface area contributed by atoms with E-state index in [1.165, 1.54) is 0 Å². The number of aromatic nitrogens is 1. The molecule has 2 saturated heterocycles. The molecule has 0 bridgehead atoms. The van der Waals surface area contributed by atoms with Gasteiger partial charge in [0, 0.05) is 31.6 Å². The van der Waals surface area contributed by atoms with Crippen LogP contribution in [0.3, 0.4) is 0 Å². The van der Waals surface area contributed by atoms with Gasteiger partial charge in [-0.05, 0) is 44.0 Å². The first-order valence-corrected chi connectivity index (χ1v) is 8.82. The Balaban J connectivity index is 1.47. The van der Waals surface area contributed by atoms with Crippen LogP contribution in [0.1, 0.15) is 34.7 Å². The van der Waals surface area contributed by atoms with E-state index in [4.69, 9.17) is 9.15 Å². The molecule has 25 heavy (non-hydrogen) atoms. The lowest BCUT2D eigenvalue weighted by atomic mass is 10.0. The minimum Gasteiger partial charge on any atom is -0.465 e. The van der Waals surface area contributed by atoms with E-state index in [1.807, 2.05) is 19.1 Å². The number of nitrogens with zero attached hydrogens (tertiary/aromatic N) is 2. The van der Waals surface area contributed by atoms with Crippen molar-refractivity contribution in [3.8, 4) is 0 Å². The topological polar surface area (TPSA) is 67.6 Å². The molecule has 3 atom stereocenters. The predicted molar refractivity (Wildman–Crippen MR) is 92.1 cm³/mol. The first-order chi connectivity index (χ1) is 12.2. The van der Waals surface area contributed by atoms with Crippen molar-refractivity contribution in [2.24, 2.45) is 0 Å². The number of carbonyl (C=O) groups is 1. The standard InChI is InChI=1S/C19H23N3O3/c1-13-6-7-15(25-13)11-22-12-16(18-17(22)5-3-9-24-18)21-19(23)14-4-2-8-20-10-14/h2,4,6-8,10,16-18H,3,5,9,11-12H2,1H3,(H,21,23)/t16-,17-,18-/m1/s1. The molecule has 0 spiro atoms. The zero-order chi connectivity index (χ0) is 17.2. The van der Waals surface area contributed by atoms with Crippen molar-refractivity contribution >= 4 is 5.91 Å². The molecule has 1 N–H and O–H groups in total. The first-order valence-electron chi connectivity index (χ1n) is 8.82. The second-order valence-corrected chi connectivity index (χ2v) is 6.81. The van der Waals surface area contributed by atoms with E-state index in [2.05, 4.69) is 15.2 Å². The molecular weight excluding hydrogens is 318 g/mol. The van der Waals surface area contributed by atoms with Crippen LogP contribution in [-0.2, 0) is 11.3 Å². The maximum absolute atomic E-state index is 12.5. The van der Waals surface area contributed by atoms with Crippen LogP contribution >= 0.6 is 0 Å². The van der Waals surface area contributed by atoms with Crippen molar-refractivity contribution in [3.05, 3.63) is 53.7 Å². The molecular formula is C19H23N3O3. The average molecular weight is 341 g/mol. The van der Waals surface area contributed by atoms with Gasteiger partial charge in [-0.2, -0.15) is 0 Å². The summed E-state index contributed by atoms with van der Waals surface area (Å²) >= 11 is 0. The molecule has 2 aliphatic rings. The Morgan fingerprint density at radius 1 is 1.40 bits per heavy atom. The van der Waals surface area contributed by atoms with E-state index in [0.717, 1.165) is 44.1 Å². The quantitative estimate of drug-likeness (QED) is 0.923. The highest BCUT2D eigenvalue weighted by molar-refractivity contribution is 5.94. The maximum atomic E-state index is 12.5. The molecule has 0 unspecified atom stereocenters. The van der Waals surface area contributed by atoms with Gasteiger partial charge in [-0.15, -0.1) is 0 Å². The van der Waals surface area contributed by atoms with Gasteiger partial charge in [0.1, 0.15) is 11.5 Å². The lowest BCUT2D eigenvalue weighted by Gasteiger charge is -2.32. The van der Waals surface area contributed by atoms with Crippen LogP contribution in [0.15, 0.2) is 41.1 Å². The van der Waals surface area contributed by atoms with Crippen molar-refractivity contribution in [1.82, 2.24) is 15.2 Å². The Kier molecular flexibility index (Phi) is 4.55. The van der Waals surface area contributed by atoms with Crippen LogP contribution in [0.4, 0.5) is 0 Å². The number of likely N-dealkylation sites (tertiary alicyclic amines) is 1. The normalized spacial score (nSPS) is 26.4. The molecule has 2 aromatic rings. The number of amides is 1. The van der Waals surface area contributed by atoms with Gasteiger partial charge in [-0.1, -0.05) is 0 Å². The van der Waals surface area contributed by atoms with Gasteiger partial charge in [0.2, 0.25) is 0 Å². The van der Waals surface area contributed by atoms with Crippen LogP contribution in [0.25, 0.3) is 0 Å². The summed E-state index contributed by atoms with van der Waals surface area (Å²) in [4.78, 5) is 18.9. The second-order valence-electron chi connectivity index (χ2n) is 6.81. The molecule has 6 heteroatoms. The van der Waals surface area contributed by atoms with Crippen LogP contribution in [-0.4, -0.2) is 47.1 Å². The molecule has 4 rings (SSSR count). The lowest BCUT2D eigenvalue weighted by molar-refractivity contribution is -0.0219. The summed E-state index contributed by atoms with van der Waals surface area (Å²) < 4.78 is 11.8. The number of aryl methyl sites for hydroxylation is 1. The second kappa shape index (κ2) is 6.98. The SMILES string of the molecule is Cc1ccc(CN2C[C@@H](NC(=O)c3cccnc3)[C@H]3OCCC[C@H]32)o1. The summed E-state index contributed by atoms with van der Waals surface area (Å²) in [5.41, 5.74) is 0.579. The summed E-state index contributed by atoms with van der Waals surface area (Å²) in [5.74, 6) is 1.79. The number of hydrogen-bond donors (Lipinski definition) is 1. The highest BCUT2D eigenvalue weighted by atomic mass is 16.5. The van der Waals surface area contributed by atoms with Gasteiger partial charge >= 0.3 is 0 Å². The van der Waals surface area contributed by atoms with Gasteiger partial charge < -0.3 is 14.5 Å². The summed E-state index contributed by atoms with van der Waals surface area (Å²) in [6.45, 7) is 4.23. The van der Waals surface area contributed by atoms with Gasteiger partial charge in [-0.25, -0.2) is 0 Å². The monoisotopic (exact) mass is 341 g/mol. The van der Waals surface area contributed by atoms with Crippen molar-refractivity contribution in [3.63, 3.8) is 0 Å². The molecule has 0 radical (unpaired) electrons. The number of hydrogen-bond acceptors (Lipinski definition) is 5. The molecule has 0 aliphatic carbocycles. The molecule has 1 amide bonds. The minimum absolute atomic E-state index is 0.0194. The molecule has 2 fully saturated rings. The summed E-state index contributed by atoms with van der Waals surface area (Å²) in [7, 11) is 0. The number of pyridine rings is 1. The van der Waals surface area contributed by atoms with E-state index < -0.39 is 0 Å². The van der Waals surface area contributed by atoms with Crippen LogP contribution < -0.4 is 5.32 Å². The van der Waals surface area contributed by atoms with E-state index in [-0.39, 0.29) is 18.1 Å². The fourth-order valence-electron chi connectivity index (χ4n) is 3.88. The largest absolute Gasteiger partial charge is 0.465 e. The van der Waals surface area contributed by atoms with Crippen molar-refractivity contribution in [2.45, 2.75) is 44.5 Å². The van der Waals surface area contributed by atoms with Crippen LogP contribution in [0, 0.1) is 6.92 Å². The fraction of sp³-hybridized carbons (Fsp3) is 0.474. The van der Waals surface area contributed by atoms with Gasteiger partial charge in [0.05, 0.1) is 24.3 Å². The van der Waals surface area contributed by atoms with E-state index in [0.29, 0.717) is 11.6 Å². The number of furan rings is 1. The van der Waals surface area contributed by atoms with Gasteiger partial charge in [-0.3, -0.25) is 14.7 Å². The Hall–Kier alpha value is -2.18. The molecule has 0 aromatic carbocycles. The van der Waals surface area contributed by atoms with E-state index >= 15 is 0 Å². The van der Waals surface area contributed by atoms with Crippen molar-refractivity contribution in [2.75, 3.05) is 13.2 Å². The third-order valence-electron chi connectivity index (χ3n) is 5.03. The Morgan fingerprint density at radius 2 is 2.32 bits per heavy atom. The zero-order valence-electron chi connectivity index (χ0n) is 14.4. The van der Waals surface area contributed by atoms with E-state index in [1.54, 1.807) is 24.5 Å². The Morgan fingerprint density at radius 3 is 3.08 bits per heavy atom. The molecule has 132 valence electrons. The molecule has 2 aromatic heterocycles. The number of ether oxygens (including phenoxy) is 1. The minimum atomic E-state index is -0.0956. The number of rotatable bonds is 4. The fourth-order valence-corrected chi connectivity index (χ4v) is 3.88.